The van der Waals surface area contributed by atoms with Crippen LogP contribution in [0.3, 0.4) is 0 Å². The van der Waals surface area contributed by atoms with Gasteiger partial charge in [0.15, 0.2) is 11.0 Å². The molecule has 1 atom stereocenters. The lowest BCUT2D eigenvalue weighted by molar-refractivity contribution is -0.113. The minimum atomic E-state index is -0.442. The van der Waals surface area contributed by atoms with Gasteiger partial charge in [0, 0.05) is 11.6 Å². The number of hydrogen-bond donors (Lipinski definition) is 0. The van der Waals surface area contributed by atoms with Crippen LogP contribution in [0.15, 0.2) is 89.6 Å². The van der Waals surface area contributed by atoms with E-state index < -0.39 is 5.25 Å². The van der Waals surface area contributed by atoms with Gasteiger partial charge in [0.2, 0.25) is 0 Å². The number of aliphatic imine (C=N–C) groups is 1. The van der Waals surface area contributed by atoms with Crippen LogP contribution >= 0.6 is 11.8 Å². The molecule has 1 amide bonds. The van der Waals surface area contributed by atoms with E-state index in [4.69, 9.17) is 9.47 Å². The molecule has 7 heteroatoms. The van der Waals surface area contributed by atoms with Crippen LogP contribution in [0.4, 0.5) is 5.69 Å². The van der Waals surface area contributed by atoms with Crippen LogP contribution in [0.2, 0.25) is 0 Å². The predicted octanol–water partition coefficient (Wildman–Crippen LogP) is 5.45. The summed E-state index contributed by atoms with van der Waals surface area (Å²) in [6.45, 7) is 1.82. The molecule has 34 heavy (non-hydrogen) atoms. The molecule has 6 nitrogen and oxygen atoms in total. The Labute approximate surface area is 202 Å². The van der Waals surface area contributed by atoms with Crippen molar-refractivity contribution in [2.24, 2.45) is 4.99 Å². The molecule has 4 rings (SSSR count). The highest BCUT2D eigenvalue weighted by atomic mass is 32.2. The Morgan fingerprint density at radius 3 is 2.32 bits per heavy atom. The molecule has 0 N–H and O–H groups in total. The van der Waals surface area contributed by atoms with E-state index in [9.17, 15) is 9.59 Å². The molecule has 0 aromatic heterocycles. The molecular formula is C27H24N2O4S. The molecule has 1 aliphatic rings. The fourth-order valence-electron chi connectivity index (χ4n) is 3.46. The minimum absolute atomic E-state index is 0.0288. The Hall–Kier alpha value is -3.84. The number of nitrogens with zero attached hydrogens (tertiary/aromatic N) is 2. The van der Waals surface area contributed by atoms with E-state index in [-0.39, 0.29) is 17.4 Å². The number of amides is 1. The average Bonchev–Trinajstić information content (AvgIpc) is 3.18. The standard InChI is InChI=1S/C27H24N2O4S/c1-18(25(30)20-8-5-4-6-9-20)34-27-28-24(16-19-12-14-22(32-2)15-13-19)26(31)29(27)21-10-7-11-23(17-21)33-3/h4-18H,1-3H3. The molecule has 1 aliphatic heterocycles. The largest absolute Gasteiger partial charge is 0.497 e. The monoisotopic (exact) mass is 472 g/mol. The number of thioether (sulfide) groups is 1. The lowest BCUT2D eigenvalue weighted by Crippen LogP contribution is -2.32. The van der Waals surface area contributed by atoms with Gasteiger partial charge < -0.3 is 9.47 Å². The summed E-state index contributed by atoms with van der Waals surface area (Å²) < 4.78 is 10.5. The number of Topliss-reactive ketones (excluding diaryl/α,β-unsaturated/α-hetero) is 1. The highest BCUT2D eigenvalue weighted by Gasteiger charge is 2.34. The summed E-state index contributed by atoms with van der Waals surface area (Å²) in [7, 11) is 3.18. The number of rotatable bonds is 7. The van der Waals surface area contributed by atoms with Gasteiger partial charge in [0.05, 0.1) is 25.2 Å². The molecule has 0 saturated carbocycles. The van der Waals surface area contributed by atoms with Crippen molar-refractivity contribution in [3.05, 3.63) is 95.7 Å². The van der Waals surface area contributed by atoms with E-state index in [1.165, 1.54) is 16.7 Å². The molecule has 3 aromatic carbocycles. The molecule has 0 aliphatic carbocycles. The second kappa shape index (κ2) is 10.4. The van der Waals surface area contributed by atoms with Crippen molar-refractivity contribution in [3.8, 4) is 11.5 Å². The van der Waals surface area contributed by atoms with Crippen molar-refractivity contribution in [1.29, 1.82) is 0 Å². The molecular weight excluding hydrogens is 448 g/mol. The highest BCUT2D eigenvalue weighted by molar-refractivity contribution is 8.15. The Balaban J connectivity index is 1.68. The van der Waals surface area contributed by atoms with E-state index in [0.29, 0.717) is 22.2 Å². The van der Waals surface area contributed by atoms with Gasteiger partial charge >= 0.3 is 0 Å². The SMILES string of the molecule is COc1ccc(C=C2N=C(SC(C)C(=O)c3ccccc3)N(c3cccc(OC)c3)C2=O)cc1. The molecule has 0 radical (unpaired) electrons. The molecule has 1 heterocycles. The number of methoxy groups -OCH3 is 2. The van der Waals surface area contributed by atoms with Crippen molar-refractivity contribution in [2.75, 3.05) is 19.1 Å². The lowest BCUT2D eigenvalue weighted by Gasteiger charge is -2.20. The van der Waals surface area contributed by atoms with Crippen LogP contribution in [0.25, 0.3) is 6.08 Å². The fraction of sp³-hybridized carbons (Fsp3) is 0.148. The molecule has 0 saturated heterocycles. The van der Waals surface area contributed by atoms with Gasteiger partial charge in [0.25, 0.3) is 5.91 Å². The molecule has 1 unspecified atom stereocenters. The zero-order valence-corrected chi connectivity index (χ0v) is 19.9. The molecule has 172 valence electrons. The van der Waals surface area contributed by atoms with Crippen LogP contribution in [0.1, 0.15) is 22.8 Å². The van der Waals surface area contributed by atoms with Crippen molar-refractivity contribution in [2.45, 2.75) is 12.2 Å². The first kappa shape index (κ1) is 23.3. The average molecular weight is 473 g/mol. The number of carbonyl (C=O) groups is 2. The Morgan fingerprint density at radius 1 is 0.941 bits per heavy atom. The summed E-state index contributed by atoms with van der Waals surface area (Å²) in [5.41, 5.74) is 2.34. The maximum Gasteiger partial charge on any atom is 0.283 e. The van der Waals surface area contributed by atoms with E-state index in [2.05, 4.69) is 4.99 Å². The summed E-state index contributed by atoms with van der Waals surface area (Å²) in [6, 6.07) is 23.7. The van der Waals surface area contributed by atoms with E-state index in [1.807, 2.05) is 67.6 Å². The van der Waals surface area contributed by atoms with Crippen LogP contribution < -0.4 is 14.4 Å². The minimum Gasteiger partial charge on any atom is -0.497 e. The van der Waals surface area contributed by atoms with Crippen molar-refractivity contribution in [3.63, 3.8) is 0 Å². The number of carbonyl (C=O) groups excluding carboxylic acids is 2. The highest BCUT2D eigenvalue weighted by Crippen LogP contribution is 2.33. The second-order valence-corrected chi connectivity index (χ2v) is 8.84. The van der Waals surface area contributed by atoms with Gasteiger partial charge in [-0.15, -0.1) is 0 Å². The Morgan fingerprint density at radius 2 is 1.65 bits per heavy atom. The van der Waals surface area contributed by atoms with E-state index in [0.717, 1.165) is 11.3 Å². The molecule has 0 fully saturated rings. The second-order valence-electron chi connectivity index (χ2n) is 7.53. The Kier molecular flexibility index (Phi) is 7.13. The molecule has 0 spiro atoms. The third kappa shape index (κ3) is 5.05. The predicted molar refractivity (Wildman–Crippen MR) is 137 cm³/mol. The maximum absolute atomic E-state index is 13.4. The van der Waals surface area contributed by atoms with Crippen molar-refractivity contribution < 1.29 is 19.1 Å². The van der Waals surface area contributed by atoms with Gasteiger partial charge in [0.1, 0.15) is 17.2 Å². The fourth-order valence-corrected chi connectivity index (χ4v) is 4.46. The van der Waals surface area contributed by atoms with E-state index >= 15 is 0 Å². The number of ketones is 1. The van der Waals surface area contributed by atoms with Gasteiger partial charge in [-0.1, -0.05) is 60.3 Å². The van der Waals surface area contributed by atoms with Crippen LogP contribution in [-0.2, 0) is 4.79 Å². The quantitative estimate of drug-likeness (QED) is 0.338. The zero-order valence-electron chi connectivity index (χ0n) is 19.1. The van der Waals surface area contributed by atoms with Gasteiger partial charge in [-0.25, -0.2) is 4.99 Å². The topological polar surface area (TPSA) is 68.2 Å². The van der Waals surface area contributed by atoms with E-state index in [1.54, 1.807) is 38.5 Å². The van der Waals surface area contributed by atoms with Crippen molar-refractivity contribution >= 4 is 40.4 Å². The maximum atomic E-state index is 13.4. The molecule has 3 aromatic rings. The first-order valence-corrected chi connectivity index (χ1v) is 11.6. The summed E-state index contributed by atoms with van der Waals surface area (Å²) in [6.07, 6.45) is 1.73. The summed E-state index contributed by atoms with van der Waals surface area (Å²) in [5, 5.41) is -0.00260. The zero-order chi connectivity index (χ0) is 24.1. The third-order valence-corrected chi connectivity index (χ3v) is 6.32. The summed E-state index contributed by atoms with van der Waals surface area (Å²) in [5.74, 6) is 1.05. The number of amidine groups is 1. The van der Waals surface area contributed by atoms with Crippen molar-refractivity contribution in [1.82, 2.24) is 0 Å². The first-order chi connectivity index (χ1) is 16.5. The number of hydrogen-bond acceptors (Lipinski definition) is 6. The number of benzene rings is 3. The van der Waals surface area contributed by atoms with Gasteiger partial charge in [-0.2, -0.15) is 0 Å². The van der Waals surface area contributed by atoms with Crippen LogP contribution in [0, 0.1) is 0 Å². The number of ether oxygens (including phenoxy) is 2. The van der Waals surface area contributed by atoms with Crippen LogP contribution in [0.5, 0.6) is 11.5 Å². The lowest BCUT2D eigenvalue weighted by atomic mass is 10.1. The first-order valence-electron chi connectivity index (χ1n) is 10.7. The molecule has 0 bridgehead atoms. The third-order valence-electron chi connectivity index (χ3n) is 5.27. The number of anilines is 1. The van der Waals surface area contributed by atoms with Gasteiger partial charge in [-0.3, -0.25) is 14.5 Å². The normalized spacial score (nSPS) is 15.3. The van der Waals surface area contributed by atoms with Crippen LogP contribution in [-0.4, -0.2) is 36.3 Å². The van der Waals surface area contributed by atoms with Gasteiger partial charge in [-0.05, 0) is 42.8 Å². The summed E-state index contributed by atoms with van der Waals surface area (Å²) in [4.78, 5) is 32.6. The smallest absolute Gasteiger partial charge is 0.283 e. The Bertz CT molecular complexity index is 1250. The summed E-state index contributed by atoms with van der Waals surface area (Å²) >= 11 is 1.25.